The minimum Gasteiger partial charge on any atom is -0.454 e. The standard InChI is InChI=1S/C20H23FN2O2/c1-14(23-20(24)13-22-12-15-7-8-15)16-9-10-19(18(21)11-16)25-17-5-3-2-4-6-17/h2-6,9-11,14-15,22H,7-8,12-13H2,1H3,(H,23,24). The van der Waals surface area contributed by atoms with Gasteiger partial charge >= 0.3 is 0 Å². The summed E-state index contributed by atoms with van der Waals surface area (Å²) in [4.78, 5) is 11.9. The Bertz CT molecular complexity index is 717. The van der Waals surface area contributed by atoms with Crippen LogP contribution < -0.4 is 15.4 Å². The predicted octanol–water partition coefficient (Wildman–Crippen LogP) is 3.79. The summed E-state index contributed by atoms with van der Waals surface area (Å²) in [5.74, 6) is 0.945. The first-order valence-electron chi connectivity index (χ1n) is 8.64. The fourth-order valence-electron chi connectivity index (χ4n) is 2.57. The molecule has 1 unspecified atom stereocenters. The maximum Gasteiger partial charge on any atom is 0.234 e. The molecular formula is C20H23FN2O2. The van der Waals surface area contributed by atoms with Gasteiger partial charge in [0.2, 0.25) is 5.91 Å². The van der Waals surface area contributed by atoms with Crippen molar-refractivity contribution in [2.24, 2.45) is 5.92 Å². The normalized spacial score (nSPS) is 14.8. The van der Waals surface area contributed by atoms with Crippen molar-refractivity contribution in [2.75, 3.05) is 13.1 Å². The van der Waals surface area contributed by atoms with Gasteiger partial charge in [0.15, 0.2) is 11.6 Å². The lowest BCUT2D eigenvalue weighted by Gasteiger charge is -2.16. The number of nitrogens with one attached hydrogen (secondary N) is 2. The Labute approximate surface area is 147 Å². The van der Waals surface area contributed by atoms with E-state index in [-0.39, 0.29) is 17.7 Å². The minimum atomic E-state index is -0.450. The Kier molecular flexibility index (Phi) is 5.66. The number of benzene rings is 2. The predicted molar refractivity (Wildman–Crippen MR) is 95.1 cm³/mol. The van der Waals surface area contributed by atoms with E-state index in [2.05, 4.69) is 10.6 Å². The van der Waals surface area contributed by atoms with Crippen LogP contribution in [0.25, 0.3) is 0 Å². The maximum atomic E-state index is 14.3. The van der Waals surface area contributed by atoms with E-state index in [1.807, 2.05) is 25.1 Å². The first kappa shape index (κ1) is 17.4. The highest BCUT2D eigenvalue weighted by Crippen LogP contribution is 2.28. The second-order valence-electron chi connectivity index (χ2n) is 6.47. The molecule has 0 radical (unpaired) electrons. The molecule has 0 aromatic heterocycles. The zero-order valence-corrected chi connectivity index (χ0v) is 14.3. The van der Waals surface area contributed by atoms with Gasteiger partial charge in [-0.05, 0) is 62.1 Å². The van der Waals surface area contributed by atoms with Crippen LogP contribution in [0.3, 0.4) is 0 Å². The lowest BCUT2D eigenvalue weighted by atomic mass is 10.1. The summed E-state index contributed by atoms with van der Waals surface area (Å²) in [6.45, 7) is 3.02. The number of carbonyl (C=O) groups is 1. The highest BCUT2D eigenvalue weighted by molar-refractivity contribution is 5.78. The quantitative estimate of drug-likeness (QED) is 0.767. The van der Waals surface area contributed by atoms with E-state index in [0.29, 0.717) is 17.9 Å². The number of para-hydroxylation sites is 1. The van der Waals surface area contributed by atoms with Crippen molar-refractivity contribution in [2.45, 2.75) is 25.8 Å². The van der Waals surface area contributed by atoms with Gasteiger partial charge in [0.25, 0.3) is 0 Å². The molecule has 5 heteroatoms. The average molecular weight is 342 g/mol. The Morgan fingerprint density at radius 1 is 1.24 bits per heavy atom. The second kappa shape index (κ2) is 8.12. The average Bonchev–Trinajstić information content (AvgIpc) is 3.42. The van der Waals surface area contributed by atoms with Gasteiger partial charge in [0.05, 0.1) is 12.6 Å². The number of halogens is 1. The molecule has 0 bridgehead atoms. The van der Waals surface area contributed by atoms with Crippen LogP contribution in [-0.4, -0.2) is 19.0 Å². The van der Waals surface area contributed by atoms with Gasteiger partial charge in [-0.2, -0.15) is 0 Å². The molecular weight excluding hydrogens is 319 g/mol. The molecule has 2 aromatic carbocycles. The SMILES string of the molecule is CC(NC(=O)CNCC1CC1)c1ccc(Oc2ccccc2)c(F)c1. The van der Waals surface area contributed by atoms with E-state index in [4.69, 9.17) is 4.74 Å². The van der Waals surface area contributed by atoms with Crippen molar-refractivity contribution >= 4 is 5.91 Å². The van der Waals surface area contributed by atoms with Crippen molar-refractivity contribution in [3.8, 4) is 11.5 Å². The molecule has 1 aliphatic rings. The summed E-state index contributed by atoms with van der Waals surface area (Å²) in [6, 6.07) is 13.6. The van der Waals surface area contributed by atoms with Crippen molar-refractivity contribution in [1.29, 1.82) is 0 Å². The van der Waals surface area contributed by atoms with Gasteiger partial charge < -0.3 is 15.4 Å². The third-order valence-corrected chi connectivity index (χ3v) is 4.22. The van der Waals surface area contributed by atoms with Crippen LogP contribution in [0, 0.1) is 11.7 Å². The van der Waals surface area contributed by atoms with Crippen LogP contribution in [-0.2, 0) is 4.79 Å². The number of ether oxygens (including phenoxy) is 1. The molecule has 3 rings (SSSR count). The Morgan fingerprint density at radius 3 is 2.68 bits per heavy atom. The fourth-order valence-corrected chi connectivity index (χ4v) is 2.57. The first-order chi connectivity index (χ1) is 12.1. The van der Waals surface area contributed by atoms with E-state index in [1.54, 1.807) is 24.3 Å². The largest absolute Gasteiger partial charge is 0.454 e. The fraction of sp³-hybridized carbons (Fsp3) is 0.350. The lowest BCUT2D eigenvalue weighted by molar-refractivity contribution is -0.120. The summed E-state index contributed by atoms with van der Waals surface area (Å²) in [6.07, 6.45) is 2.50. The molecule has 132 valence electrons. The zero-order chi connectivity index (χ0) is 17.6. The molecule has 1 saturated carbocycles. The Hall–Kier alpha value is -2.40. The summed E-state index contributed by atoms with van der Waals surface area (Å²) in [5, 5.41) is 6.02. The van der Waals surface area contributed by atoms with Gasteiger partial charge in [0, 0.05) is 0 Å². The molecule has 0 heterocycles. The molecule has 4 nitrogen and oxygen atoms in total. The van der Waals surface area contributed by atoms with Gasteiger partial charge in [-0.15, -0.1) is 0 Å². The molecule has 1 fully saturated rings. The molecule has 2 aromatic rings. The number of amides is 1. The van der Waals surface area contributed by atoms with Crippen LogP contribution in [0.2, 0.25) is 0 Å². The van der Waals surface area contributed by atoms with Crippen molar-refractivity contribution in [3.63, 3.8) is 0 Å². The summed E-state index contributed by atoms with van der Waals surface area (Å²) < 4.78 is 19.8. The van der Waals surface area contributed by atoms with Crippen LogP contribution >= 0.6 is 0 Å². The van der Waals surface area contributed by atoms with Gasteiger partial charge in [-0.3, -0.25) is 4.79 Å². The number of hydrogen-bond acceptors (Lipinski definition) is 3. The van der Waals surface area contributed by atoms with E-state index < -0.39 is 5.82 Å². The Morgan fingerprint density at radius 2 is 2.00 bits per heavy atom. The summed E-state index contributed by atoms with van der Waals surface area (Å²) in [7, 11) is 0. The minimum absolute atomic E-state index is 0.0850. The highest BCUT2D eigenvalue weighted by atomic mass is 19.1. The second-order valence-corrected chi connectivity index (χ2v) is 6.47. The van der Waals surface area contributed by atoms with Crippen LogP contribution in [0.5, 0.6) is 11.5 Å². The molecule has 1 aliphatic carbocycles. The topological polar surface area (TPSA) is 50.4 Å². The number of rotatable bonds is 8. The Balaban J connectivity index is 1.54. The molecule has 0 saturated heterocycles. The van der Waals surface area contributed by atoms with E-state index in [9.17, 15) is 9.18 Å². The van der Waals surface area contributed by atoms with Crippen molar-refractivity contribution in [3.05, 3.63) is 59.9 Å². The van der Waals surface area contributed by atoms with Crippen LogP contribution in [0.4, 0.5) is 4.39 Å². The zero-order valence-electron chi connectivity index (χ0n) is 14.3. The molecule has 25 heavy (non-hydrogen) atoms. The van der Waals surface area contributed by atoms with E-state index >= 15 is 0 Å². The summed E-state index contributed by atoms with van der Waals surface area (Å²) >= 11 is 0. The van der Waals surface area contributed by atoms with Crippen LogP contribution in [0.15, 0.2) is 48.5 Å². The monoisotopic (exact) mass is 342 g/mol. The van der Waals surface area contributed by atoms with E-state index in [0.717, 1.165) is 12.5 Å². The van der Waals surface area contributed by atoms with Gasteiger partial charge in [-0.1, -0.05) is 24.3 Å². The molecule has 2 N–H and O–H groups in total. The smallest absolute Gasteiger partial charge is 0.234 e. The third kappa shape index (κ3) is 5.29. The maximum absolute atomic E-state index is 14.3. The number of hydrogen-bond donors (Lipinski definition) is 2. The van der Waals surface area contributed by atoms with Gasteiger partial charge in [-0.25, -0.2) is 4.39 Å². The molecule has 0 aliphatic heterocycles. The third-order valence-electron chi connectivity index (χ3n) is 4.22. The molecule has 1 amide bonds. The van der Waals surface area contributed by atoms with Crippen molar-refractivity contribution in [1.82, 2.24) is 10.6 Å². The lowest BCUT2D eigenvalue weighted by Crippen LogP contribution is -2.36. The molecule has 1 atom stereocenters. The van der Waals surface area contributed by atoms with Gasteiger partial charge in [0.1, 0.15) is 5.75 Å². The number of carbonyl (C=O) groups excluding carboxylic acids is 1. The first-order valence-corrected chi connectivity index (χ1v) is 8.64. The highest BCUT2D eigenvalue weighted by Gasteiger charge is 2.21. The molecule has 0 spiro atoms. The van der Waals surface area contributed by atoms with Crippen molar-refractivity contribution < 1.29 is 13.9 Å². The summed E-state index contributed by atoms with van der Waals surface area (Å²) in [5.41, 5.74) is 0.702. The van der Waals surface area contributed by atoms with E-state index in [1.165, 1.54) is 18.9 Å². The van der Waals surface area contributed by atoms with Crippen LogP contribution in [0.1, 0.15) is 31.4 Å².